The number of aromatic nitrogens is 1. The molecule has 5 nitrogen and oxygen atoms in total. The number of para-hydroxylation sites is 1. The van der Waals surface area contributed by atoms with Crippen LogP contribution in [-0.2, 0) is 9.47 Å². The van der Waals surface area contributed by atoms with Crippen molar-refractivity contribution in [2.45, 2.75) is 13.8 Å². The number of fused-ring (bicyclic) bond motifs is 1. The van der Waals surface area contributed by atoms with Crippen LogP contribution >= 0.6 is 0 Å². The molecule has 1 N–H and O–H groups in total. The van der Waals surface area contributed by atoms with E-state index in [-0.39, 0.29) is 0 Å². The predicted octanol–water partition coefficient (Wildman–Crippen LogP) is 2.52. The van der Waals surface area contributed by atoms with E-state index in [9.17, 15) is 9.59 Å². The number of carbonyl (C=O) groups is 2. The van der Waals surface area contributed by atoms with Crippen molar-refractivity contribution >= 4 is 22.8 Å². The van der Waals surface area contributed by atoms with Crippen molar-refractivity contribution in [1.82, 2.24) is 4.98 Å². The molecule has 100 valence electrons. The number of rotatable bonds is 4. The van der Waals surface area contributed by atoms with Crippen molar-refractivity contribution < 1.29 is 19.1 Å². The second kappa shape index (κ2) is 5.56. The van der Waals surface area contributed by atoms with Gasteiger partial charge < -0.3 is 14.5 Å². The van der Waals surface area contributed by atoms with Gasteiger partial charge in [0.15, 0.2) is 0 Å². The van der Waals surface area contributed by atoms with Gasteiger partial charge in [0.05, 0.1) is 24.3 Å². The first-order chi connectivity index (χ1) is 9.17. The molecule has 0 aliphatic carbocycles. The molecule has 0 saturated carbocycles. The number of benzene rings is 1. The summed E-state index contributed by atoms with van der Waals surface area (Å²) in [6.07, 6.45) is 0. The summed E-state index contributed by atoms with van der Waals surface area (Å²) in [7, 11) is 0. The van der Waals surface area contributed by atoms with Gasteiger partial charge in [-0.15, -0.1) is 0 Å². The van der Waals surface area contributed by atoms with Crippen LogP contribution in [0.3, 0.4) is 0 Å². The molecule has 0 aliphatic heterocycles. The third-order valence-corrected chi connectivity index (χ3v) is 2.65. The minimum Gasteiger partial charge on any atom is -0.462 e. The fraction of sp³-hybridized carbons (Fsp3) is 0.286. The van der Waals surface area contributed by atoms with Gasteiger partial charge in [0.1, 0.15) is 5.69 Å². The molecule has 2 rings (SSSR count). The topological polar surface area (TPSA) is 68.4 Å². The van der Waals surface area contributed by atoms with Crippen LogP contribution in [0.15, 0.2) is 24.3 Å². The van der Waals surface area contributed by atoms with Crippen molar-refractivity contribution in [3.63, 3.8) is 0 Å². The van der Waals surface area contributed by atoms with Crippen LogP contribution in [0.5, 0.6) is 0 Å². The van der Waals surface area contributed by atoms with Gasteiger partial charge in [-0.2, -0.15) is 0 Å². The molecule has 0 saturated heterocycles. The van der Waals surface area contributed by atoms with Crippen LogP contribution in [0.2, 0.25) is 0 Å². The number of hydrogen-bond acceptors (Lipinski definition) is 4. The Morgan fingerprint density at radius 3 is 2.47 bits per heavy atom. The normalized spacial score (nSPS) is 10.4. The molecule has 0 unspecified atom stereocenters. The van der Waals surface area contributed by atoms with Gasteiger partial charge in [0.25, 0.3) is 0 Å². The summed E-state index contributed by atoms with van der Waals surface area (Å²) in [6.45, 7) is 4.10. The van der Waals surface area contributed by atoms with E-state index in [0.29, 0.717) is 30.0 Å². The summed E-state index contributed by atoms with van der Waals surface area (Å²) < 4.78 is 9.90. The summed E-state index contributed by atoms with van der Waals surface area (Å²) in [4.78, 5) is 26.4. The summed E-state index contributed by atoms with van der Waals surface area (Å²) in [5.74, 6) is -0.848. The lowest BCUT2D eigenvalue weighted by Crippen LogP contribution is -2.06. The van der Waals surface area contributed by atoms with E-state index in [1.165, 1.54) is 0 Å². The van der Waals surface area contributed by atoms with Gasteiger partial charge in [0.2, 0.25) is 0 Å². The van der Waals surface area contributed by atoms with Gasteiger partial charge in [-0.25, -0.2) is 9.59 Å². The van der Waals surface area contributed by atoms with E-state index in [2.05, 4.69) is 4.98 Å². The summed E-state index contributed by atoms with van der Waals surface area (Å²) in [5.41, 5.74) is 1.33. The van der Waals surface area contributed by atoms with Crippen LogP contribution in [0, 0.1) is 0 Å². The Morgan fingerprint density at radius 1 is 1.11 bits per heavy atom. The third kappa shape index (κ3) is 2.59. The summed E-state index contributed by atoms with van der Waals surface area (Å²) in [5, 5.41) is 0.772. The molecule has 0 bridgehead atoms. The molecule has 0 spiro atoms. The van der Waals surface area contributed by atoms with Crippen molar-refractivity contribution in [3.05, 3.63) is 35.5 Å². The Morgan fingerprint density at radius 2 is 1.79 bits per heavy atom. The molecule has 5 heteroatoms. The zero-order valence-electron chi connectivity index (χ0n) is 10.9. The molecule has 0 aliphatic rings. The predicted molar refractivity (Wildman–Crippen MR) is 70.2 cm³/mol. The summed E-state index contributed by atoms with van der Waals surface area (Å²) >= 11 is 0. The molecule has 19 heavy (non-hydrogen) atoms. The molecule has 0 fully saturated rings. The minimum atomic E-state index is -0.437. The molecule has 2 aromatic rings. The number of esters is 2. The average Bonchev–Trinajstić information content (AvgIpc) is 2.82. The zero-order valence-corrected chi connectivity index (χ0v) is 10.9. The second-order valence-corrected chi connectivity index (χ2v) is 3.89. The number of H-pyrrole nitrogens is 1. The SMILES string of the molecule is CCOC(=O)c1cc2cccc(C(=O)OCC)c2[nH]1. The number of ether oxygens (including phenoxy) is 2. The largest absolute Gasteiger partial charge is 0.462 e. The number of carbonyl (C=O) groups excluding carboxylic acids is 2. The van der Waals surface area contributed by atoms with Crippen LogP contribution in [0.4, 0.5) is 0 Å². The Labute approximate surface area is 110 Å². The molecule has 1 heterocycles. The van der Waals surface area contributed by atoms with E-state index in [0.717, 1.165) is 5.39 Å². The van der Waals surface area contributed by atoms with Crippen molar-refractivity contribution in [2.24, 2.45) is 0 Å². The Bertz CT molecular complexity index is 615. The molecule has 0 radical (unpaired) electrons. The van der Waals surface area contributed by atoms with Gasteiger partial charge in [-0.3, -0.25) is 0 Å². The highest BCUT2D eigenvalue weighted by Crippen LogP contribution is 2.20. The van der Waals surface area contributed by atoms with Crippen molar-refractivity contribution in [1.29, 1.82) is 0 Å². The van der Waals surface area contributed by atoms with Crippen LogP contribution in [0.1, 0.15) is 34.7 Å². The van der Waals surface area contributed by atoms with Crippen LogP contribution < -0.4 is 0 Å². The van der Waals surface area contributed by atoms with E-state index in [1.54, 1.807) is 32.0 Å². The van der Waals surface area contributed by atoms with E-state index >= 15 is 0 Å². The lowest BCUT2D eigenvalue weighted by molar-refractivity contribution is 0.0511. The quantitative estimate of drug-likeness (QED) is 0.859. The van der Waals surface area contributed by atoms with E-state index < -0.39 is 11.9 Å². The fourth-order valence-corrected chi connectivity index (χ4v) is 1.85. The van der Waals surface area contributed by atoms with Crippen molar-refractivity contribution in [2.75, 3.05) is 13.2 Å². The van der Waals surface area contributed by atoms with Gasteiger partial charge in [-0.1, -0.05) is 12.1 Å². The summed E-state index contributed by atoms with van der Waals surface area (Å²) in [6, 6.07) is 6.89. The Balaban J connectivity index is 2.45. The van der Waals surface area contributed by atoms with Crippen molar-refractivity contribution in [3.8, 4) is 0 Å². The van der Waals surface area contributed by atoms with Crippen LogP contribution in [0.25, 0.3) is 10.9 Å². The maximum absolute atomic E-state index is 11.8. The van der Waals surface area contributed by atoms with Gasteiger partial charge in [-0.05, 0) is 26.0 Å². The smallest absolute Gasteiger partial charge is 0.354 e. The van der Waals surface area contributed by atoms with Gasteiger partial charge >= 0.3 is 11.9 Å². The molecule has 1 aromatic heterocycles. The van der Waals surface area contributed by atoms with Crippen LogP contribution in [-0.4, -0.2) is 30.1 Å². The maximum Gasteiger partial charge on any atom is 0.354 e. The highest BCUT2D eigenvalue weighted by atomic mass is 16.5. The molecular formula is C14H15NO4. The number of hydrogen-bond donors (Lipinski definition) is 1. The fourth-order valence-electron chi connectivity index (χ4n) is 1.85. The van der Waals surface area contributed by atoms with E-state index in [1.807, 2.05) is 6.07 Å². The highest BCUT2D eigenvalue weighted by Gasteiger charge is 2.16. The van der Waals surface area contributed by atoms with Gasteiger partial charge in [0, 0.05) is 5.39 Å². The number of aromatic amines is 1. The molecule has 0 amide bonds. The maximum atomic E-state index is 11.8. The lowest BCUT2D eigenvalue weighted by Gasteiger charge is -2.02. The molecule has 1 aromatic carbocycles. The lowest BCUT2D eigenvalue weighted by atomic mass is 10.1. The molecular weight excluding hydrogens is 246 g/mol. The van der Waals surface area contributed by atoms with E-state index in [4.69, 9.17) is 9.47 Å². The highest BCUT2D eigenvalue weighted by molar-refractivity contribution is 6.05. The number of nitrogens with one attached hydrogen (secondary N) is 1. The first kappa shape index (κ1) is 13.1. The Kier molecular flexibility index (Phi) is 3.85. The second-order valence-electron chi connectivity index (χ2n) is 3.89. The first-order valence-electron chi connectivity index (χ1n) is 6.13. The molecule has 0 atom stereocenters. The monoisotopic (exact) mass is 261 g/mol. The minimum absolute atomic E-state index is 0.304. The average molecular weight is 261 g/mol. The standard InChI is InChI=1S/C14H15NO4/c1-3-18-13(16)10-7-5-6-9-8-11(15-12(9)10)14(17)19-4-2/h5-8,15H,3-4H2,1-2H3. The zero-order chi connectivity index (χ0) is 13.8. The first-order valence-corrected chi connectivity index (χ1v) is 6.13. The Hall–Kier alpha value is -2.30. The third-order valence-electron chi connectivity index (χ3n) is 2.65.